The van der Waals surface area contributed by atoms with Crippen LogP contribution in [0, 0.1) is 0 Å². The Bertz CT molecular complexity index is 640. The van der Waals surface area contributed by atoms with Crippen molar-refractivity contribution >= 4 is 28.3 Å². The van der Waals surface area contributed by atoms with E-state index in [1.165, 1.54) is 4.90 Å². The van der Waals surface area contributed by atoms with Gasteiger partial charge in [-0.05, 0) is 36.6 Å². The summed E-state index contributed by atoms with van der Waals surface area (Å²) in [4.78, 5) is 9.36. The molecular formula is C13H11ClF3N3. The molecular weight excluding hydrogens is 291 g/mol. The number of anilines is 1. The van der Waals surface area contributed by atoms with Crippen LogP contribution < -0.4 is 4.90 Å². The summed E-state index contributed by atoms with van der Waals surface area (Å²) < 4.78 is 38.3. The summed E-state index contributed by atoms with van der Waals surface area (Å²) in [5.41, 5.74) is 0.551. The van der Waals surface area contributed by atoms with Crippen LogP contribution >= 0.6 is 11.6 Å². The fraction of sp³-hybridized carbons (Fsp3) is 0.385. The second kappa shape index (κ2) is 4.77. The van der Waals surface area contributed by atoms with Crippen molar-refractivity contribution < 1.29 is 13.2 Å². The SMILES string of the molecule is FC(F)(F)CN(c1nc(Cl)nc2ccccc12)C1CC1. The Morgan fingerprint density at radius 2 is 1.90 bits per heavy atom. The van der Waals surface area contributed by atoms with Crippen molar-refractivity contribution in [3.05, 3.63) is 29.5 Å². The van der Waals surface area contributed by atoms with Crippen LogP contribution in [0.5, 0.6) is 0 Å². The molecule has 0 atom stereocenters. The minimum absolute atomic E-state index is 0.0356. The molecule has 0 N–H and O–H groups in total. The molecule has 2 aromatic rings. The van der Waals surface area contributed by atoms with E-state index in [1.54, 1.807) is 24.3 Å². The van der Waals surface area contributed by atoms with Crippen molar-refractivity contribution in [3.8, 4) is 0 Å². The Morgan fingerprint density at radius 1 is 1.20 bits per heavy atom. The molecule has 1 aliphatic carbocycles. The van der Waals surface area contributed by atoms with Crippen molar-refractivity contribution in [2.75, 3.05) is 11.4 Å². The molecule has 1 aromatic heterocycles. The smallest absolute Gasteiger partial charge is 0.344 e. The zero-order valence-corrected chi connectivity index (χ0v) is 11.1. The molecule has 1 aromatic carbocycles. The highest BCUT2D eigenvalue weighted by Gasteiger charge is 2.39. The molecule has 3 nitrogen and oxygen atoms in total. The first kappa shape index (κ1) is 13.4. The molecule has 0 aliphatic heterocycles. The van der Waals surface area contributed by atoms with E-state index >= 15 is 0 Å². The number of alkyl halides is 3. The average molecular weight is 302 g/mol. The molecule has 0 bridgehead atoms. The van der Waals surface area contributed by atoms with Crippen LogP contribution in [0.3, 0.4) is 0 Å². The predicted molar refractivity (Wildman–Crippen MR) is 71.0 cm³/mol. The summed E-state index contributed by atoms with van der Waals surface area (Å²) in [5, 5.41) is 0.555. The molecule has 106 valence electrons. The lowest BCUT2D eigenvalue weighted by molar-refractivity contribution is -0.120. The fourth-order valence-electron chi connectivity index (χ4n) is 2.21. The van der Waals surface area contributed by atoms with Gasteiger partial charge in [0.25, 0.3) is 0 Å². The van der Waals surface area contributed by atoms with Gasteiger partial charge >= 0.3 is 6.18 Å². The van der Waals surface area contributed by atoms with Gasteiger partial charge in [0.1, 0.15) is 12.4 Å². The molecule has 0 radical (unpaired) electrons. The summed E-state index contributed by atoms with van der Waals surface area (Å²) in [6, 6.07) is 6.83. The Morgan fingerprint density at radius 3 is 2.55 bits per heavy atom. The standard InChI is InChI=1S/C13H11ClF3N3/c14-12-18-10-4-2-1-3-9(10)11(19-12)20(8-5-6-8)7-13(15,16)17/h1-4,8H,5-7H2. The monoisotopic (exact) mass is 301 g/mol. The second-order valence-electron chi connectivity index (χ2n) is 4.81. The van der Waals surface area contributed by atoms with Crippen LogP contribution in [-0.4, -0.2) is 28.7 Å². The van der Waals surface area contributed by atoms with E-state index < -0.39 is 12.7 Å². The third kappa shape index (κ3) is 2.80. The first-order chi connectivity index (χ1) is 9.44. The summed E-state index contributed by atoms with van der Waals surface area (Å²) in [6.45, 7) is -1.02. The van der Waals surface area contributed by atoms with Crippen LogP contribution in [0.2, 0.25) is 5.28 Å². The van der Waals surface area contributed by atoms with E-state index in [0.717, 1.165) is 12.8 Å². The van der Waals surface area contributed by atoms with Crippen molar-refractivity contribution in [1.29, 1.82) is 0 Å². The molecule has 20 heavy (non-hydrogen) atoms. The fourth-order valence-corrected chi connectivity index (χ4v) is 2.38. The van der Waals surface area contributed by atoms with Gasteiger partial charge in [0.2, 0.25) is 5.28 Å². The Hall–Kier alpha value is -1.56. The van der Waals surface area contributed by atoms with Gasteiger partial charge in [-0.2, -0.15) is 18.2 Å². The first-order valence-electron chi connectivity index (χ1n) is 6.20. The first-order valence-corrected chi connectivity index (χ1v) is 6.57. The minimum Gasteiger partial charge on any atom is -0.344 e. The van der Waals surface area contributed by atoms with Gasteiger partial charge in [0, 0.05) is 11.4 Å². The van der Waals surface area contributed by atoms with Gasteiger partial charge in [0.05, 0.1) is 5.52 Å². The number of fused-ring (bicyclic) bond motifs is 1. The van der Waals surface area contributed by atoms with Crippen LogP contribution in [-0.2, 0) is 0 Å². The molecule has 3 rings (SSSR count). The van der Waals surface area contributed by atoms with E-state index in [-0.39, 0.29) is 17.1 Å². The summed E-state index contributed by atoms with van der Waals surface area (Å²) in [6.07, 6.45) is -2.79. The van der Waals surface area contributed by atoms with Crippen molar-refractivity contribution in [3.63, 3.8) is 0 Å². The van der Waals surface area contributed by atoms with Gasteiger partial charge < -0.3 is 4.90 Å². The number of aromatic nitrogens is 2. The quantitative estimate of drug-likeness (QED) is 0.807. The number of halogens is 4. The normalized spacial score (nSPS) is 15.6. The van der Waals surface area contributed by atoms with E-state index in [1.807, 2.05) is 0 Å². The molecule has 0 amide bonds. The lowest BCUT2D eigenvalue weighted by atomic mass is 10.2. The number of para-hydroxylation sites is 1. The molecule has 0 saturated heterocycles. The lowest BCUT2D eigenvalue weighted by Gasteiger charge is -2.25. The Balaban J connectivity index is 2.10. The van der Waals surface area contributed by atoms with Gasteiger partial charge in [-0.3, -0.25) is 0 Å². The second-order valence-corrected chi connectivity index (χ2v) is 5.15. The van der Waals surface area contributed by atoms with Crippen molar-refractivity contribution in [1.82, 2.24) is 9.97 Å². The third-order valence-electron chi connectivity index (χ3n) is 3.17. The molecule has 1 heterocycles. The number of hydrogen-bond acceptors (Lipinski definition) is 3. The zero-order valence-electron chi connectivity index (χ0n) is 10.4. The highest BCUT2D eigenvalue weighted by atomic mass is 35.5. The van der Waals surface area contributed by atoms with Gasteiger partial charge in [-0.15, -0.1) is 0 Å². The topological polar surface area (TPSA) is 29.0 Å². The van der Waals surface area contributed by atoms with E-state index in [0.29, 0.717) is 10.9 Å². The number of nitrogens with zero attached hydrogens (tertiary/aromatic N) is 3. The highest BCUT2D eigenvalue weighted by Crippen LogP contribution is 2.36. The summed E-state index contributed by atoms with van der Waals surface area (Å²) in [7, 11) is 0. The average Bonchev–Trinajstić information content (AvgIpc) is 3.18. The minimum atomic E-state index is -4.28. The van der Waals surface area contributed by atoms with Crippen LogP contribution in [0.25, 0.3) is 10.9 Å². The zero-order chi connectivity index (χ0) is 14.3. The van der Waals surface area contributed by atoms with Crippen LogP contribution in [0.15, 0.2) is 24.3 Å². The molecule has 1 fully saturated rings. The lowest BCUT2D eigenvalue weighted by Crippen LogP contribution is -2.36. The van der Waals surface area contributed by atoms with Gasteiger partial charge in [0.15, 0.2) is 0 Å². The Kier molecular flexibility index (Phi) is 3.20. The van der Waals surface area contributed by atoms with E-state index in [9.17, 15) is 13.2 Å². The largest absolute Gasteiger partial charge is 0.405 e. The van der Waals surface area contributed by atoms with Crippen molar-refractivity contribution in [2.45, 2.75) is 25.1 Å². The molecule has 7 heteroatoms. The maximum atomic E-state index is 12.8. The van der Waals surface area contributed by atoms with Crippen LogP contribution in [0.1, 0.15) is 12.8 Å². The molecule has 1 saturated carbocycles. The Labute approximate surface area is 118 Å². The third-order valence-corrected chi connectivity index (χ3v) is 3.33. The van der Waals surface area contributed by atoms with Crippen LogP contribution in [0.4, 0.5) is 19.0 Å². The van der Waals surface area contributed by atoms with Gasteiger partial charge in [-0.25, -0.2) is 4.98 Å². The van der Waals surface area contributed by atoms with Gasteiger partial charge in [-0.1, -0.05) is 12.1 Å². The van der Waals surface area contributed by atoms with E-state index in [4.69, 9.17) is 11.6 Å². The summed E-state index contributed by atoms with van der Waals surface area (Å²) in [5.74, 6) is 0.264. The number of benzene rings is 1. The molecule has 0 spiro atoms. The molecule has 0 unspecified atom stereocenters. The molecule has 1 aliphatic rings. The number of hydrogen-bond donors (Lipinski definition) is 0. The number of rotatable bonds is 3. The summed E-state index contributed by atoms with van der Waals surface area (Å²) >= 11 is 5.83. The maximum absolute atomic E-state index is 12.8. The van der Waals surface area contributed by atoms with E-state index in [2.05, 4.69) is 9.97 Å². The highest BCUT2D eigenvalue weighted by molar-refractivity contribution is 6.28. The predicted octanol–water partition coefficient (Wildman–Crippen LogP) is 3.81. The van der Waals surface area contributed by atoms with Crippen molar-refractivity contribution in [2.24, 2.45) is 0 Å². The maximum Gasteiger partial charge on any atom is 0.405 e.